The van der Waals surface area contributed by atoms with Gasteiger partial charge in [-0.25, -0.2) is 15.1 Å². The van der Waals surface area contributed by atoms with Gasteiger partial charge >= 0.3 is 12.2 Å². The molecule has 10 nitrogen and oxygen atoms in total. The number of rotatable bonds is 5. The van der Waals surface area contributed by atoms with Crippen LogP contribution in [-0.4, -0.2) is 35.9 Å². The van der Waals surface area contributed by atoms with Crippen LogP contribution in [-0.2, 0) is 20.6 Å². The zero-order valence-corrected chi connectivity index (χ0v) is 17.3. The van der Waals surface area contributed by atoms with E-state index in [4.69, 9.17) is 0 Å². The monoisotopic (exact) mass is 475 g/mol. The number of anilines is 2. The number of hydrogen-bond acceptors (Lipinski definition) is 6. The van der Waals surface area contributed by atoms with E-state index in [0.29, 0.717) is 16.7 Å². The fourth-order valence-corrected chi connectivity index (χ4v) is 2.93. The maximum Gasteiger partial charge on any atom is 0.416 e. The Morgan fingerprint density at radius 2 is 1.76 bits per heavy atom. The molecule has 0 aliphatic carbocycles. The predicted octanol–water partition coefficient (Wildman–Crippen LogP) is 2.28. The second-order valence-corrected chi connectivity index (χ2v) is 6.97. The minimum absolute atomic E-state index is 0.145. The van der Waals surface area contributed by atoms with Gasteiger partial charge in [-0.2, -0.15) is 18.3 Å². The first kappa shape index (κ1) is 24.1. The number of carbonyl (C=O) groups excluding carboxylic acids is 5. The standard InChI is InChI=1S/C21H16F3N5O5/c1-11(30)26-14-7-5-12(6-8-14)17(31)28-25-10-16-18(32)27-20(34)29(19(16)33)15-4-2-3-13(9-15)21(22,23)24/h2-10,16H,1H3,(H,26,30)(H,28,31)(H,27,32,34). The maximum absolute atomic E-state index is 13.0. The molecule has 0 aromatic heterocycles. The number of amides is 6. The van der Waals surface area contributed by atoms with Crippen molar-refractivity contribution >= 4 is 47.2 Å². The van der Waals surface area contributed by atoms with Crippen LogP contribution in [0.25, 0.3) is 0 Å². The molecule has 2 aromatic carbocycles. The molecule has 1 unspecified atom stereocenters. The van der Waals surface area contributed by atoms with Gasteiger partial charge in [0.15, 0.2) is 5.92 Å². The van der Waals surface area contributed by atoms with Gasteiger partial charge in [0.2, 0.25) is 11.8 Å². The molecule has 34 heavy (non-hydrogen) atoms. The highest BCUT2D eigenvalue weighted by Crippen LogP contribution is 2.32. The summed E-state index contributed by atoms with van der Waals surface area (Å²) in [5, 5.41) is 7.95. The first-order chi connectivity index (χ1) is 16.0. The molecule has 3 N–H and O–H groups in total. The first-order valence-electron chi connectivity index (χ1n) is 9.54. The highest BCUT2D eigenvalue weighted by molar-refractivity contribution is 6.32. The lowest BCUT2D eigenvalue weighted by molar-refractivity contribution is -0.138. The molecule has 2 aromatic rings. The number of alkyl halides is 3. The fourth-order valence-electron chi connectivity index (χ4n) is 2.93. The highest BCUT2D eigenvalue weighted by Gasteiger charge is 2.41. The predicted molar refractivity (Wildman–Crippen MR) is 113 cm³/mol. The molecule has 0 bridgehead atoms. The average molecular weight is 475 g/mol. The van der Waals surface area contributed by atoms with E-state index < -0.39 is 47.1 Å². The molecule has 1 heterocycles. The lowest BCUT2D eigenvalue weighted by atomic mass is 10.1. The van der Waals surface area contributed by atoms with E-state index in [1.807, 2.05) is 5.32 Å². The second kappa shape index (κ2) is 9.52. The molecule has 1 fully saturated rings. The van der Waals surface area contributed by atoms with E-state index in [1.54, 1.807) is 0 Å². The van der Waals surface area contributed by atoms with Crippen molar-refractivity contribution in [2.45, 2.75) is 13.1 Å². The Balaban J connectivity index is 1.73. The molecular weight excluding hydrogens is 459 g/mol. The van der Waals surface area contributed by atoms with E-state index in [1.165, 1.54) is 31.2 Å². The van der Waals surface area contributed by atoms with Crippen LogP contribution in [0.5, 0.6) is 0 Å². The van der Waals surface area contributed by atoms with Crippen LogP contribution in [0.4, 0.5) is 29.3 Å². The van der Waals surface area contributed by atoms with Gasteiger partial charge in [-0.1, -0.05) is 6.07 Å². The smallest absolute Gasteiger partial charge is 0.326 e. The average Bonchev–Trinajstić information content (AvgIpc) is 2.75. The van der Waals surface area contributed by atoms with Gasteiger partial charge in [-0.05, 0) is 42.5 Å². The van der Waals surface area contributed by atoms with Crippen LogP contribution in [0.15, 0.2) is 53.6 Å². The van der Waals surface area contributed by atoms with Crippen molar-refractivity contribution in [1.82, 2.24) is 10.7 Å². The summed E-state index contributed by atoms with van der Waals surface area (Å²) >= 11 is 0. The number of urea groups is 1. The number of nitrogens with zero attached hydrogens (tertiary/aromatic N) is 2. The molecule has 0 saturated carbocycles. The van der Waals surface area contributed by atoms with Crippen LogP contribution in [0, 0.1) is 5.92 Å². The van der Waals surface area contributed by atoms with E-state index in [-0.39, 0.29) is 11.5 Å². The number of halogens is 3. The normalized spacial score (nSPS) is 16.4. The van der Waals surface area contributed by atoms with Crippen molar-refractivity contribution < 1.29 is 37.1 Å². The van der Waals surface area contributed by atoms with E-state index in [2.05, 4.69) is 15.8 Å². The van der Waals surface area contributed by atoms with Crippen molar-refractivity contribution in [3.63, 3.8) is 0 Å². The molecule has 0 spiro atoms. The number of barbiturate groups is 1. The lowest BCUT2D eigenvalue weighted by Gasteiger charge is -2.28. The topological polar surface area (TPSA) is 137 Å². The third-order valence-corrected chi connectivity index (χ3v) is 4.49. The molecule has 6 amide bonds. The number of hydrazone groups is 1. The molecule has 176 valence electrons. The summed E-state index contributed by atoms with van der Waals surface area (Å²) in [5.74, 6) is -4.90. The van der Waals surface area contributed by atoms with Crippen LogP contribution in [0.3, 0.4) is 0 Å². The minimum atomic E-state index is -4.72. The molecular formula is C21H16F3N5O5. The Morgan fingerprint density at radius 3 is 2.38 bits per heavy atom. The van der Waals surface area contributed by atoms with Crippen molar-refractivity contribution in [2.75, 3.05) is 10.2 Å². The van der Waals surface area contributed by atoms with Gasteiger partial charge in [0, 0.05) is 24.4 Å². The second-order valence-electron chi connectivity index (χ2n) is 6.97. The summed E-state index contributed by atoms with van der Waals surface area (Å²) in [4.78, 5) is 60.5. The fraction of sp³-hybridized carbons (Fsp3) is 0.143. The molecule has 0 radical (unpaired) electrons. The number of hydrogen-bond donors (Lipinski definition) is 3. The Kier molecular flexibility index (Phi) is 6.75. The number of imide groups is 2. The van der Waals surface area contributed by atoms with Crippen LogP contribution < -0.4 is 21.0 Å². The number of carbonyl (C=O) groups is 5. The largest absolute Gasteiger partial charge is 0.416 e. The Hall–Kier alpha value is -4.55. The highest BCUT2D eigenvalue weighted by atomic mass is 19.4. The summed E-state index contributed by atoms with van der Waals surface area (Å²) in [6, 6.07) is 7.96. The van der Waals surface area contributed by atoms with Gasteiger partial charge in [0.1, 0.15) is 0 Å². The van der Waals surface area contributed by atoms with E-state index in [9.17, 15) is 37.1 Å². The summed E-state index contributed by atoms with van der Waals surface area (Å²) in [6.07, 6.45) is -3.96. The van der Waals surface area contributed by atoms with E-state index in [0.717, 1.165) is 24.4 Å². The third-order valence-electron chi connectivity index (χ3n) is 4.49. The van der Waals surface area contributed by atoms with Gasteiger partial charge in [-0.3, -0.25) is 24.5 Å². The van der Waals surface area contributed by atoms with Crippen LogP contribution in [0.1, 0.15) is 22.8 Å². The van der Waals surface area contributed by atoms with Gasteiger partial charge < -0.3 is 5.32 Å². The first-order valence-corrected chi connectivity index (χ1v) is 9.54. The van der Waals surface area contributed by atoms with Gasteiger partial charge in [0.05, 0.1) is 11.3 Å². The molecule has 1 atom stereocenters. The molecule has 13 heteroatoms. The molecule has 3 rings (SSSR count). The van der Waals surface area contributed by atoms with Crippen molar-refractivity contribution in [3.05, 3.63) is 59.7 Å². The molecule has 1 saturated heterocycles. The van der Waals surface area contributed by atoms with E-state index >= 15 is 0 Å². The lowest BCUT2D eigenvalue weighted by Crippen LogP contribution is -2.58. The van der Waals surface area contributed by atoms with Crippen LogP contribution in [0.2, 0.25) is 0 Å². The zero-order chi connectivity index (χ0) is 25.0. The minimum Gasteiger partial charge on any atom is -0.326 e. The van der Waals surface area contributed by atoms with Gasteiger partial charge in [-0.15, -0.1) is 0 Å². The van der Waals surface area contributed by atoms with Crippen molar-refractivity contribution in [3.8, 4) is 0 Å². The Morgan fingerprint density at radius 1 is 1.09 bits per heavy atom. The summed E-state index contributed by atoms with van der Waals surface area (Å²) in [7, 11) is 0. The molecule has 1 aliphatic heterocycles. The number of nitrogens with one attached hydrogen (secondary N) is 3. The zero-order valence-electron chi connectivity index (χ0n) is 17.3. The summed E-state index contributed by atoms with van der Waals surface area (Å²) < 4.78 is 39.0. The Bertz CT molecular complexity index is 1190. The third kappa shape index (κ3) is 5.43. The van der Waals surface area contributed by atoms with Crippen molar-refractivity contribution in [2.24, 2.45) is 11.0 Å². The van der Waals surface area contributed by atoms with Gasteiger partial charge in [0.25, 0.3) is 11.8 Å². The van der Waals surface area contributed by atoms with Crippen LogP contribution >= 0.6 is 0 Å². The van der Waals surface area contributed by atoms with Crippen molar-refractivity contribution in [1.29, 1.82) is 0 Å². The summed E-state index contributed by atoms with van der Waals surface area (Å²) in [6.45, 7) is 1.32. The SMILES string of the molecule is CC(=O)Nc1ccc(C(=O)NN=CC2C(=O)NC(=O)N(c3cccc(C(F)(F)F)c3)C2=O)cc1. The Labute approximate surface area is 189 Å². The number of benzene rings is 2. The summed E-state index contributed by atoms with van der Waals surface area (Å²) in [5.41, 5.74) is 1.21. The maximum atomic E-state index is 13.0. The quantitative estimate of drug-likeness (QED) is 0.346. The molecule has 1 aliphatic rings.